The predicted octanol–water partition coefficient (Wildman–Crippen LogP) is 5.73. The summed E-state index contributed by atoms with van der Waals surface area (Å²) in [6.07, 6.45) is 4.50. The molecule has 0 aliphatic heterocycles. The van der Waals surface area contributed by atoms with E-state index in [4.69, 9.17) is 4.98 Å². The third-order valence-electron chi connectivity index (χ3n) is 5.62. The van der Waals surface area contributed by atoms with Crippen molar-refractivity contribution in [3.63, 3.8) is 0 Å². The summed E-state index contributed by atoms with van der Waals surface area (Å²) in [5.74, 6) is 0.815. The van der Waals surface area contributed by atoms with E-state index in [1.54, 1.807) is 20.1 Å². The molecule has 0 aliphatic rings. The van der Waals surface area contributed by atoms with Crippen molar-refractivity contribution in [3.8, 4) is 28.2 Å². The van der Waals surface area contributed by atoms with E-state index >= 15 is 0 Å². The van der Waals surface area contributed by atoms with Crippen LogP contribution in [-0.4, -0.2) is 25.5 Å². The first kappa shape index (κ1) is 22.3. The molecule has 0 aliphatic carbocycles. The molecule has 0 amide bonds. The van der Waals surface area contributed by atoms with E-state index in [2.05, 4.69) is 43.3 Å². The minimum Gasteiger partial charge on any atom is -0.612 e. The summed E-state index contributed by atoms with van der Waals surface area (Å²) < 4.78 is 13.9. The first-order valence-corrected chi connectivity index (χ1v) is 12.3. The predicted molar refractivity (Wildman–Crippen MR) is 131 cm³/mol. The smallest absolute Gasteiger partial charge is 0.153 e. The minimum atomic E-state index is -1.04. The SMILES string of the molecule is CCc1ccccc1-c1nc(C(C)(C)O)cn1-c1ccc(-c2cccc([S+](C)[O-])c2)cc1. The van der Waals surface area contributed by atoms with Crippen molar-refractivity contribution in [1.82, 2.24) is 9.55 Å². The summed E-state index contributed by atoms with van der Waals surface area (Å²) in [7, 11) is 0. The third-order valence-corrected chi connectivity index (χ3v) is 6.53. The van der Waals surface area contributed by atoms with E-state index in [1.807, 2.05) is 47.2 Å². The first-order chi connectivity index (χ1) is 15.3. The van der Waals surface area contributed by atoms with E-state index in [0.29, 0.717) is 5.69 Å². The van der Waals surface area contributed by atoms with Gasteiger partial charge in [-0.25, -0.2) is 4.98 Å². The van der Waals surface area contributed by atoms with Crippen LogP contribution in [0.2, 0.25) is 0 Å². The van der Waals surface area contributed by atoms with Gasteiger partial charge in [0, 0.05) is 23.5 Å². The number of benzene rings is 3. The summed E-state index contributed by atoms with van der Waals surface area (Å²) >= 11 is -1.02. The average molecular weight is 445 g/mol. The molecule has 1 unspecified atom stereocenters. The molecule has 5 heteroatoms. The number of rotatable bonds is 6. The molecule has 0 bridgehead atoms. The number of hydrogen-bond acceptors (Lipinski definition) is 3. The van der Waals surface area contributed by atoms with Crippen LogP contribution in [-0.2, 0) is 23.2 Å². The molecule has 1 N–H and O–H groups in total. The highest BCUT2D eigenvalue weighted by Crippen LogP contribution is 2.31. The lowest BCUT2D eigenvalue weighted by molar-refractivity contribution is 0.0743. The molecule has 1 atom stereocenters. The highest BCUT2D eigenvalue weighted by molar-refractivity contribution is 7.90. The average Bonchev–Trinajstić information content (AvgIpc) is 3.25. The summed E-state index contributed by atoms with van der Waals surface area (Å²) in [6.45, 7) is 5.64. The molecule has 0 spiro atoms. The standard InChI is InChI=1S/C27H28N2O2S/c1-5-19-9-6-7-12-24(19)26-28-25(27(2,3)30)18-29(26)22-15-13-20(14-16-22)21-10-8-11-23(17-21)32(4)31/h6-18,30H,5H2,1-4H3. The van der Waals surface area contributed by atoms with Gasteiger partial charge in [-0.05, 0) is 66.3 Å². The van der Waals surface area contributed by atoms with Crippen LogP contribution in [0.5, 0.6) is 0 Å². The topological polar surface area (TPSA) is 61.1 Å². The van der Waals surface area contributed by atoms with Gasteiger partial charge in [-0.1, -0.05) is 55.5 Å². The van der Waals surface area contributed by atoms with Crippen LogP contribution in [0.25, 0.3) is 28.2 Å². The second-order valence-corrected chi connectivity index (χ2v) is 9.80. The van der Waals surface area contributed by atoms with Crippen molar-refractivity contribution < 1.29 is 9.66 Å². The number of aliphatic hydroxyl groups is 1. The summed E-state index contributed by atoms with van der Waals surface area (Å²) in [5.41, 5.74) is 4.91. The van der Waals surface area contributed by atoms with Crippen LogP contribution in [0.1, 0.15) is 32.0 Å². The molecule has 1 aromatic heterocycles. The lowest BCUT2D eigenvalue weighted by Gasteiger charge is -2.13. The molecule has 0 fully saturated rings. The van der Waals surface area contributed by atoms with Crippen molar-refractivity contribution in [2.45, 2.75) is 37.7 Å². The van der Waals surface area contributed by atoms with Gasteiger partial charge in [-0.15, -0.1) is 0 Å². The quantitative estimate of drug-likeness (QED) is 0.386. The number of imidazole rings is 1. The Morgan fingerprint density at radius 3 is 2.34 bits per heavy atom. The molecule has 0 radical (unpaired) electrons. The monoisotopic (exact) mass is 444 g/mol. The van der Waals surface area contributed by atoms with Gasteiger partial charge in [0.05, 0.1) is 5.69 Å². The van der Waals surface area contributed by atoms with Gasteiger partial charge in [0.25, 0.3) is 0 Å². The Morgan fingerprint density at radius 1 is 0.969 bits per heavy atom. The molecule has 1 heterocycles. The number of aryl methyl sites for hydroxylation is 1. The van der Waals surface area contributed by atoms with Crippen LogP contribution in [0.15, 0.2) is 83.9 Å². The number of nitrogens with zero attached hydrogens (tertiary/aromatic N) is 2. The first-order valence-electron chi connectivity index (χ1n) is 10.7. The fourth-order valence-electron chi connectivity index (χ4n) is 3.78. The van der Waals surface area contributed by atoms with Crippen molar-refractivity contribution in [2.24, 2.45) is 0 Å². The summed E-state index contributed by atoms with van der Waals surface area (Å²) in [5, 5.41) is 10.6. The molecule has 4 rings (SSSR count). The van der Waals surface area contributed by atoms with Gasteiger partial charge in [-0.3, -0.25) is 4.57 Å². The highest BCUT2D eigenvalue weighted by Gasteiger charge is 2.23. The van der Waals surface area contributed by atoms with Gasteiger partial charge >= 0.3 is 0 Å². The molecule has 4 nitrogen and oxygen atoms in total. The zero-order valence-corrected chi connectivity index (χ0v) is 19.7. The molecule has 0 saturated heterocycles. The van der Waals surface area contributed by atoms with Crippen LogP contribution < -0.4 is 0 Å². The third kappa shape index (κ3) is 4.51. The highest BCUT2D eigenvalue weighted by atomic mass is 32.2. The van der Waals surface area contributed by atoms with Crippen molar-refractivity contribution in [1.29, 1.82) is 0 Å². The molecular formula is C27H28N2O2S. The maximum atomic E-state index is 11.9. The van der Waals surface area contributed by atoms with E-state index in [0.717, 1.165) is 39.5 Å². The van der Waals surface area contributed by atoms with Crippen molar-refractivity contribution in [2.75, 3.05) is 6.26 Å². The second-order valence-electron chi connectivity index (χ2n) is 8.42. The lowest BCUT2D eigenvalue weighted by atomic mass is 10.0. The van der Waals surface area contributed by atoms with Crippen LogP contribution in [0, 0.1) is 0 Å². The molecule has 164 valence electrons. The number of aromatic nitrogens is 2. The minimum absolute atomic E-state index is 0.626. The molecule has 32 heavy (non-hydrogen) atoms. The fourth-order valence-corrected chi connectivity index (χ4v) is 4.34. The Balaban J connectivity index is 1.80. The van der Waals surface area contributed by atoms with Gasteiger partial charge in [0.2, 0.25) is 0 Å². The largest absolute Gasteiger partial charge is 0.612 e. The second kappa shape index (κ2) is 8.94. The van der Waals surface area contributed by atoms with Gasteiger partial charge < -0.3 is 9.66 Å². The van der Waals surface area contributed by atoms with Crippen LogP contribution >= 0.6 is 0 Å². The molecule has 0 saturated carbocycles. The van der Waals surface area contributed by atoms with E-state index < -0.39 is 16.8 Å². The Hall–Kier alpha value is -2.86. The fraction of sp³-hybridized carbons (Fsp3) is 0.222. The Kier molecular flexibility index (Phi) is 6.24. The Bertz CT molecular complexity index is 1220. The van der Waals surface area contributed by atoms with Crippen LogP contribution in [0.3, 0.4) is 0 Å². The van der Waals surface area contributed by atoms with E-state index in [-0.39, 0.29) is 0 Å². The maximum Gasteiger partial charge on any atom is 0.153 e. The van der Waals surface area contributed by atoms with Gasteiger partial charge in [-0.2, -0.15) is 0 Å². The normalized spacial score (nSPS) is 12.7. The Labute approximate surface area is 192 Å². The zero-order valence-electron chi connectivity index (χ0n) is 18.9. The van der Waals surface area contributed by atoms with Crippen molar-refractivity contribution >= 4 is 11.2 Å². The zero-order chi connectivity index (χ0) is 22.9. The molecular weight excluding hydrogens is 416 g/mol. The van der Waals surface area contributed by atoms with Gasteiger partial charge in [0.1, 0.15) is 17.7 Å². The van der Waals surface area contributed by atoms with Crippen molar-refractivity contribution in [3.05, 3.63) is 90.3 Å². The molecule has 3 aromatic carbocycles. The number of hydrogen-bond donors (Lipinski definition) is 1. The summed E-state index contributed by atoms with van der Waals surface area (Å²) in [4.78, 5) is 5.64. The van der Waals surface area contributed by atoms with E-state index in [1.165, 1.54) is 5.56 Å². The lowest BCUT2D eigenvalue weighted by Crippen LogP contribution is -2.15. The molecule has 4 aromatic rings. The Morgan fingerprint density at radius 2 is 1.69 bits per heavy atom. The van der Waals surface area contributed by atoms with Gasteiger partial charge in [0.15, 0.2) is 4.90 Å². The van der Waals surface area contributed by atoms with Crippen LogP contribution in [0.4, 0.5) is 0 Å². The maximum absolute atomic E-state index is 11.9. The van der Waals surface area contributed by atoms with E-state index in [9.17, 15) is 9.66 Å². The summed E-state index contributed by atoms with van der Waals surface area (Å²) in [6, 6.07) is 24.3.